The van der Waals surface area contributed by atoms with Crippen LogP contribution in [0.25, 0.3) is 0 Å². The number of methoxy groups -OCH3 is 1. The molecule has 34 heavy (non-hydrogen) atoms. The van der Waals surface area contributed by atoms with Gasteiger partial charge >= 0.3 is 5.97 Å². The van der Waals surface area contributed by atoms with Crippen molar-refractivity contribution in [3.63, 3.8) is 0 Å². The number of aromatic nitrogens is 3. The molecule has 2 heterocycles. The standard InChI is InChI=1S/C23H25ClN4O4S2/c1-12-10-14(8-9-16(12)24)32-13(2)20-26-27-23(28(20)3)33-11-18(29)25-21-19(22(30)31-4)15-6-5-7-17(15)34-21/h8-10,13H,5-7,11H2,1-4H3,(H,25,29). The van der Waals surface area contributed by atoms with E-state index in [1.54, 1.807) is 6.07 Å². The average molecular weight is 521 g/mol. The lowest BCUT2D eigenvalue weighted by Crippen LogP contribution is -2.16. The van der Waals surface area contributed by atoms with Gasteiger partial charge in [-0.3, -0.25) is 4.79 Å². The number of hydrogen-bond donors (Lipinski definition) is 1. The van der Waals surface area contributed by atoms with Crippen LogP contribution in [0.5, 0.6) is 5.75 Å². The summed E-state index contributed by atoms with van der Waals surface area (Å²) in [6, 6.07) is 5.48. The van der Waals surface area contributed by atoms with Crippen LogP contribution in [-0.2, 0) is 29.4 Å². The average Bonchev–Trinajstić information content (AvgIpc) is 3.49. The minimum Gasteiger partial charge on any atom is -0.483 e. The molecule has 8 nitrogen and oxygen atoms in total. The summed E-state index contributed by atoms with van der Waals surface area (Å²) in [5.74, 6) is 0.819. The number of carbonyl (C=O) groups is 2. The number of carbonyl (C=O) groups excluding carboxylic acids is 2. The summed E-state index contributed by atoms with van der Waals surface area (Å²) >= 11 is 8.81. The van der Waals surface area contributed by atoms with Crippen molar-refractivity contribution in [3.05, 3.63) is 50.6 Å². The number of hydrogen-bond acceptors (Lipinski definition) is 8. The van der Waals surface area contributed by atoms with Gasteiger partial charge in [0.25, 0.3) is 0 Å². The lowest BCUT2D eigenvalue weighted by Gasteiger charge is -2.15. The van der Waals surface area contributed by atoms with Gasteiger partial charge < -0.3 is 19.4 Å². The second-order valence-electron chi connectivity index (χ2n) is 7.96. The van der Waals surface area contributed by atoms with Gasteiger partial charge in [-0.25, -0.2) is 4.79 Å². The lowest BCUT2D eigenvalue weighted by molar-refractivity contribution is -0.113. The molecule has 0 saturated heterocycles. The Bertz CT molecular complexity index is 1240. The number of thioether (sulfide) groups is 1. The monoisotopic (exact) mass is 520 g/mol. The first-order valence-electron chi connectivity index (χ1n) is 10.8. The maximum absolute atomic E-state index is 12.7. The minimum absolute atomic E-state index is 0.126. The van der Waals surface area contributed by atoms with Crippen molar-refractivity contribution in [2.45, 2.75) is 44.4 Å². The highest BCUT2D eigenvalue weighted by molar-refractivity contribution is 7.99. The second kappa shape index (κ2) is 10.4. The zero-order valence-electron chi connectivity index (χ0n) is 19.3. The van der Waals surface area contributed by atoms with E-state index in [0.717, 1.165) is 35.3 Å². The first-order chi connectivity index (χ1) is 16.3. The number of nitrogens with zero attached hydrogens (tertiary/aromatic N) is 3. The number of thiophene rings is 1. The van der Waals surface area contributed by atoms with Crippen molar-refractivity contribution < 1.29 is 19.1 Å². The molecular weight excluding hydrogens is 496 g/mol. The number of rotatable bonds is 8. The van der Waals surface area contributed by atoms with Crippen LogP contribution in [0.15, 0.2) is 23.4 Å². The minimum atomic E-state index is -0.412. The van der Waals surface area contributed by atoms with Gasteiger partial charge in [-0.05, 0) is 62.4 Å². The van der Waals surface area contributed by atoms with Crippen molar-refractivity contribution >= 4 is 51.6 Å². The highest BCUT2D eigenvalue weighted by Crippen LogP contribution is 2.39. The van der Waals surface area contributed by atoms with Gasteiger partial charge in [0.2, 0.25) is 5.91 Å². The van der Waals surface area contributed by atoms with E-state index in [2.05, 4.69) is 15.5 Å². The zero-order chi connectivity index (χ0) is 24.4. The molecule has 1 aromatic carbocycles. The van der Waals surface area contributed by atoms with Crippen LogP contribution in [0, 0.1) is 6.92 Å². The van der Waals surface area contributed by atoms with Crippen LogP contribution >= 0.6 is 34.7 Å². The van der Waals surface area contributed by atoms with E-state index in [-0.39, 0.29) is 17.8 Å². The Hall–Kier alpha value is -2.56. The van der Waals surface area contributed by atoms with Crippen LogP contribution in [0.1, 0.15) is 51.6 Å². The van der Waals surface area contributed by atoms with E-state index < -0.39 is 5.97 Å². The molecule has 0 bridgehead atoms. The van der Waals surface area contributed by atoms with Crippen molar-refractivity contribution in [1.29, 1.82) is 0 Å². The van der Waals surface area contributed by atoms with Crippen molar-refractivity contribution in [1.82, 2.24) is 14.8 Å². The van der Waals surface area contributed by atoms with Gasteiger partial charge in [0.15, 0.2) is 17.1 Å². The molecule has 0 fully saturated rings. The lowest BCUT2D eigenvalue weighted by atomic mass is 10.1. The Balaban J connectivity index is 1.39. The molecule has 1 N–H and O–H groups in total. The van der Waals surface area contributed by atoms with Gasteiger partial charge in [0, 0.05) is 16.9 Å². The number of fused-ring (bicyclic) bond motifs is 1. The summed E-state index contributed by atoms with van der Waals surface area (Å²) < 4.78 is 12.7. The summed E-state index contributed by atoms with van der Waals surface area (Å²) in [5, 5.41) is 13.2. The van der Waals surface area contributed by atoms with E-state index in [1.807, 2.05) is 37.6 Å². The third kappa shape index (κ3) is 5.08. The van der Waals surface area contributed by atoms with Gasteiger partial charge in [0.05, 0.1) is 18.4 Å². The van der Waals surface area contributed by atoms with Crippen LogP contribution in [0.4, 0.5) is 5.00 Å². The number of halogens is 1. The van der Waals surface area contributed by atoms with Crippen molar-refractivity contribution in [2.24, 2.45) is 7.05 Å². The summed E-state index contributed by atoms with van der Waals surface area (Å²) in [6.07, 6.45) is 2.42. The summed E-state index contributed by atoms with van der Waals surface area (Å²) in [5.41, 5.74) is 2.42. The molecule has 0 spiro atoms. The molecule has 1 aliphatic carbocycles. The van der Waals surface area contributed by atoms with Crippen LogP contribution in [0.3, 0.4) is 0 Å². The molecule has 1 amide bonds. The fraction of sp³-hybridized carbons (Fsp3) is 0.391. The summed E-state index contributed by atoms with van der Waals surface area (Å²) in [4.78, 5) is 26.1. The first kappa shape index (κ1) is 24.6. The molecule has 1 atom stereocenters. The zero-order valence-corrected chi connectivity index (χ0v) is 21.7. The van der Waals surface area contributed by atoms with Crippen molar-refractivity contribution in [3.8, 4) is 5.75 Å². The van der Waals surface area contributed by atoms with Crippen LogP contribution < -0.4 is 10.1 Å². The Labute approximate surface area is 211 Å². The Kier molecular flexibility index (Phi) is 7.49. The molecule has 0 aliphatic heterocycles. The maximum Gasteiger partial charge on any atom is 0.341 e. The van der Waals surface area contributed by atoms with E-state index in [4.69, 9.17) is 21.1 Å². The molecule has 0 radical (unpaired) electrons. The van der Waals surface area contributed by atoms with Crippen LogP contribution in [0.2, 0.25) is 5.02 Å². The Morgan fingerprint density at radius 2 is 2.12 bits per heavy atom. The maximum atomic E-state index is 12.7. The Morgan fingerprint density at radius 1 is 1.32 bits per heavy atom. The van der Waals surface area contributed by atoms with E-state index >= 15 is 0 Å². The van der Waals surface area contributed by atoms with E-state index in [1.165, 1.54) is 30.2 Å². The molecule has 180 valence electrons. The third-order valence-corrected chi connectivity index (χ3v) is 8.22. The molecule has 11 heteroatoms. The number of aryl methyl sites for hydroxylation is 2. The predicted molar refractivity (Wildman–Crippen MR) is 133 cm³/mol. The fourth-order valence-electron chi connectivity index (χ4n) is 3.86. The molecular formula is C23H25ClN4O4S2. The first-order valence-corrected chi connectivity index (χ1v) is 12.9. The van der Waals surface area contributed by atoms with Gasteiger partial charge in [-0.2, -0.15) is 0 Å². The normalized spacial score (nSPS) is 13.4. The number of nitrogens with one attached hydrogen (secondary N) is 1. The third-order valence-electron chi connectivity index (χ3n) is 5.57. The topological polar surface area (TPSA) is 95.3 Å². The Morgan fingerprint density at radius 3 is 2.85 bits per heavy atom. The number of ether oxygens (including phenoxy) is 2. The highest BCUT2D eigenvalue weighted by atomic mass is 35.5. The number of benzene rings is 1. The molecule has 2 aromatic heterocycles. The smallest absolute Gasteiger partial charge is 0.341 e. The molecule has 1 unspecified atom stereocenters. The van der Waals surface area contributed by atoms with Gasteiger partial charge in [-0.15, -0.1) is 21.5 Å². The van der Waals surface area contributed by atoms with Crippen LogP contribution in [-0.4, -0.2) is 39.5 Å². The summed E-state index contributed by atoms with van der Waals surface area (Å²) in [6.45, 7) is 3.80. The fourth-order valence-corrected chi connectivity index (χ4v) is 5.99. The largest absolute Gasteiger partial charge is 0.483 e. The van der Waals surface area contributed by atoms with Gasteiger partial charge in [-0.1, -0.05) is 23.4 Å². The molecule has 0 saturated carbocycles. The summed E-state index contributed by atoms with van der Waals surface area (Å²) in [7, 11) is 3.19. The van der Waals surface area contributed by atoms with Crippen molar-refractivity contribution in [2.75, 3.05) is 18.2 Å². The number of esters is 1. The number of anilines is 1. The number of amides is 1. The van der Waals surface area contributed by atoms with E-state index in [9.17, 15) is 9.59 Å². The second-order valence-corrected chi connectivity index (χ2v) is 10.4. The SMILES string of the molecule is COC(=O)c1c(NC(=O)CSc2nnc(C(C)Oc3ccc(Cl)c(C)c3)n2C)sc2c1CCC2. The molecule has 4 rings (SSSR count). The quantitative estimate of drug-likeness (QED) is 0.330. The predicted octanol–water partition coefficient (Wildman–Crippen LogP) is 4.98. The molecule has 1 aliphatic rings. The van der Waals surface area contributed by atoms with E-state index in [0.29, 0.717) is 32.3 Å². The van der Waals surface area contributed by atoms with Gasteiger partial charge in [0.1, 0.15) is 10.8 Å². The molecule has 3 aromatic rings. The highest BCUT2D eigenvalue weighted by Gasteiger charge is 2.28.